The molecule has 4 rings (SSSR count). The van der Waals surface area contributed by atoms with Crippen molar-refractivity contribution in [3.8, 4) is 0 Å². The second-order valence-electron chi connectivity index (χ2n) is 21.4. The number of ether oxygens (including phenoxy) is 11. The molecule has 0 aliphatic carbocycles. The molecule has 4 heterocycles. The van der Waals surface area contributed by atoms with E-state index >= 15 is 0 Å². The van der Waals surface area contributed by atoms with Gasteiger partial charge in [-0.3, -0.25) is 19.2 Å². The van der Waals surface area contributed by atoms with E-state index in [1.165, 1.54) is 34.1 Å². The summed E-state index contributed by atoms with van der Waals surface area (Å²) >= 11 is 0. The van der Waals surface area contributed by atoms with Gasteiger partial charge in [-0.05, 0) is 79.5 Å². The summed E-state index contributed by atoms with van der Waals surface area (Å²) in [5, 5.41) is 35.3. The number of methoxy groups -OCH3 is 2. The first-order chi connectivity index (χ1) is 34.3. The zero-order valence-electron chi connectivity index (χ0n) is 45.7. The van der Waals surface area contributed by atoms with Crippen LogP contribution < -0.4 is 0 Å². The number of hydrogen-bond donors (Lipinski definition) is 3. The Hall–Kier alpha value is -3.25. The summed E-state index contributed by atoms with van der Waals surface area (Å²) in [5.74, 6) is -4.63. The molecule has 0 amide bonds. The summed E-state index contributed by atoms with van der Waals surface area (Å²) in [4.78, 5) is 66.5. The Morgan fingerprint density at radius 1 is 0.890 bits per heavy atom. The van der Waals surface area contributed by atoms with Gasteiger partial charge in [0, 0.05) is 58.2 Å². The van der Waals surface area contributed by atoms with E-state index in [4.69, 9.17) is 52.1 Å². The second-order valence-corrected chi connectivity index (χ2v) is 21.4. The number of likely N-dealkylation sites (N-methyl/N-ethyl adjacent to an activating group) is 1. The number of aldehydes is 1. The van der Waals surface area contributed by atoms with Crippen molar-refractivity contribution in [3.05, 3.63) is 23.8 Å². The number of cyclic esters (lactones) is 1. The first-order valence-electron chi connectivity index (χ1n) is 25.9. The Balaban J connectivity index is 1.60. The van der Waals surface area contributed by atoms with Crippen molar-refractivity contribution in [1.29, 1.82) is 0 Å². The van der Waals surface area contributed by atoms with Crippen LogP contribution in [0.4, 0.5) is 0 Å². The predicted octanol–water partition coefficient (Wildman–Crippen LogP) is 4.00. The molecule has 21 atom stereocenters. The Morgan fingerprint density at radius 3 is 2.11 bits per heavy atom. The van der Waals surface area contributed by atoms with Crippen molar-refractivity contribution in [3.63, 3.8) is 0 Å². The van der Waals surface area contributed by atoms with Gasteiger partial charge >= 0.3 is 17.9 Å². The Morgan fingerprint density at radius 2 is 1.53 bits per heavy atom. The van der Waals surface area contributed by atoms with Crippen LogP contribution in [0.1, 0.15) is 115 Å². The highest BCUT2D eigenvalue weighted by Crippen LogP contribution is 2.38. The molecule has 4 aliphatic heterocycles. The molecule has 3 N–H and O–H groups in total. The van der Waals surface area contributed by atoms with Crippen LogP contribution in [0.25, 0.3) is 0 Å². The lowest BCUT2D eigenvalue weighted by Crippen LogP contribution is -2.65. The largest absolute Gasteiger partial charge is 0.462 e. The number of carbonyl (C=O) groups is 5. The van der Waals surface area contributed by atoms with Gasteiger partial charge in [0.2, 0.25) is 0 Å². The molecule has 20 heteroatoms. The van der Waals surface area contributed by atoms with Gasteiger partial charge in [-0.25, -0.2) is 0 Å². The number of aliphatic hydroxyl groups is 3. The molecule has 0 aromatic carbocycles. The lowest BCUT2D eigenvalue weighted by atomic mass is 9.79. The highest BCUT2D eigenvalue weighted by Gasteiger charge is 2.53. The van der Waals surface area contributed by atoms with Gasteiger partial charge in [0.25, 0.3) is 0 Å². The summed E-state index contributed by atoms with van der Waals surface area (Å²) in [5.41, 5.74) is -0.840. The molecule has 4 aliphatic rings. The first kappa shape index (κ1) is 62.3. The van der Waals surface area contributed by atoms with Crippen LogP contribution in [0.2, 0.25) is 0 Å². The molecule has 0 spiro atoms. The van der Waals surface area contributed by atoms with Gasteiger partial charge in [0.1, 0.15) is 42.4 Å². The lowest BCUT2D eigenvalue weighted by molar-refractivity contribution is -0.342. The van der Waals surface area contributed by atoms with E-state index < -0.39 is 152 Å². The summed E-state index contributed by atoms with van der Waals surface area (Å²) in [6.07, 6.45) is -8.45. The minimum atomic E-state index is -1.51. The highest BCUT2D eigenvalue weighted by molar-refractivity contribution is 5.91. The maximum absolute atomic E-state index is 14.0. The van der Waals surface area contributed by atoms with Crippen molar-refractivity contribution in [2.75, 3.05) is 34.9 Å². The van der Waals surface area contributed by atoms with Crippen molar-refractivity contribution in [1.82, 2.24) is 4.90 Å². The van der Waals surface area contributed by atoms with Crippen molar-refractivity contribution < 1.29 is 91.4 Å². The fraction of sp³-hybridized carbons (Fsp3) is 0.830. The molecule has 3 fully saturated rings. The van der Waals surface area contributed by atoms with Crippen LogP contribution in [-0.2, 0) is 76.1 Å². The number of aliphatic hydroxyl groups excluding tert-OH is 2. The maximum Gasteiger partial charge on any atom is 0.308 e. The van der Waals surface area contributed by atoms with Crippen LogP contribution in [0.3, 0.4) is 0 Å². The average molecular weight is 1040 g/mol. The molecule has 0 aromatic heterocycles. The zero-order chi connectivity index (χ0) is 54.6. The van der Waals surface area contributed by atoms with Crippen molar-refractivity contribution in [2.24, 2.45) is 29.6 Å². The van der Waals surface area contributed by atoms with Crippen LogP contribution in [0.5, 0.6) is 0 Å². The maximum atomic E-state index is 14.0. The van der Waals surface area contributed by atoms with Crippen LogP contribution in [0.15, 0.2) is 23.8 Å². The quantitative estimate of drug-likeness (QED) is 0.106. The molecular formula is C53H87NO19. The number of allylic oxidation sites excluding steroid dienone is 3. The molecule has 0 aromatic rings. The minimum absolute atomic E-state index is 0.0405. The number of carbonyl (C=O) groups excluding carboxylic acids is 5. The topological polar surface area (TPSA) is 251 Å². The molecule has 20 nitrogen and oxygen atoms in total. The van der Waals surface area contributed by atoms with E-state index in [2.05, 4.69) is 0 Å². The molecule has 0 saturated carbocycles. The fourth-order valence-corrected chi connectivity index (χ4v) is 10.6. The molecular weight excluding hydrogens is 955 g/mol. The number of hydrogen-bond acceptors (Lipinski definition) is 20. The zero-order valence-corrected chi connectivity index (χ0v) is 45.7. The monoisotopic (exact) mass is 1040 g/mol. The van der Waals surface area contributed by atoms with Gasteiger partial charge in [-0.15, -0.1) is 0 Å². The van der Waals surface area contributed by atoms with Gasteiger partial charge in [-0.1, -0.05) is 52.3 Å². The van der Waals surface area contributed by atoms with Gasteiger partial charge in [0.05, 0.1) is 49.6 Å². The minimum Gasteiger partial charge on any atom is -0.462 e. The van der Waals surface area contributed by atoms with E-state index in [0.717, 1.165) is 0 Å². The number of ketones is 1. The lowest BCUT2D eigenvalue weighted by Gasteiger charge is -2.50. The summed E-state index contributed by atoms with van der Waals surface area (Å²) < 4.78 is 67.2. The molecule has 418 valence electrons. The third kappa shape index (κ3) is 16.9. The normalized spacial score (nSPS) is 41.6. The van der Waals surface area contributed by atoms with Crippen LogP contribution in [-0.4, -0.2) is 189 Å². The van der Waals surface area contributed by atoms with Gasteiger partial charge in [0.15, 0.2) is 36.9 Å². The highest BCUT2D eigenvalue weighted by atomic mass is 16.7. The number of rotatable bonds is 17. The number of esters is 3. The van der Waals surface area contributed by atoms with E-state index in [0.29, 0.717) is 18.3 Å². The third-order valence-corrected chi connectivity index (χ3v) is 14.5. The van der Waals surface area contributed by atoms with Crippen molar-refractivity contribution in [2.45, 2.75) is 218 Å². The smallest absolute Gasteiger partial charge is 0.308 e. The molecule has 3 saturated heterocycles. The summed E-state index contributed by atoms with van der Waals surface area (Å²) in [6.45, 7) is 18.8. The number of nitrogens with zero attached hydrogens (tertiary/aromatic N) is 1. The van der Waals surface area contributed by atoms with Crippen molar-refractivity contribution >= 4 is 30.0 Å². The third-order valence-electron chi connectivity index (χ3n) is 14.5. The van der Waals surface area contributed by atoms with E-state index in [1.54, 1.807) is 66.6 Å². The van der Waals surface area contributed by atoms with E-state index in [1.807, 2.05) is 26.8 Å². The van der Waals surface area contributed by atoms with Gasteiger partial charge < -0.3 is 77.1 Å². The average Bonchev–Trinajstić information content (AvgIpc) is 3.29. The van der Waals surface area contributed by atoms with E-state index in [-0.39, 0.29) is 44.0 Å². The Bertz CT molecular complexity index is 1860. The molecule has 0 radical (unpaired) electrons. The Labute approximate surface area is 432 Å². The van der Waals surface area contributed by atoms with Crippen LogP contribution >= 0.6 is 0 Å². The van der Waals surface area contributed by atoms with Crippen LogP contribution in [0, 0.1) is 29.6 Å². The summed E-state index contributed by atoms with van der Waals surface area (Å²) in [7, 11) is 6.45. The van der Waals surface area contributed by atoms with E-state index in [9.17, 15) is 39.3 Å². The predicted molar refractivity (Wildman–Crippen MR) is 263 cm³/mol. The standard InChI is InChI=1S/C53H87NO19/c1-16-39-36(26-65-52-49(64-15)48(63-14)47(32(8)68-52)71-40(59)21-27(2)3)22-28(4)17-18-37(57)29(5)23-35(19-20-55)45(30(6)38(58)24-41(60)70-39)73-51-44(61)43(54(12)13)46(31(7)67-51)72-42-25-53(11,62)50(33(9)66-42)69-34(10)56/h17-18,20,22,27,29-33,35-36,38-39,42-52,58,61-62H,16,19,21,23-26H2,1-15H3/b18-17+,28-22-/t29-,30+,31-,32-,33+,35+,36?,38-,39-,42+,43-,44-,45-,46-,47-,48-,49-,50+,51-,52-,53-/m0/s1. The molecule has 73 heavy (non-hydrogen) atoms. The second kappa shape index (κ2) is 28.2. The summed E-state index contributed by atoms with van der Waals surface area (Å²) in [6, 6.07) is -0.786. The molecule has 0 bridgehead atoms. The van der Waals surface area contributed by atoms with Gasteiger partial charge in [-0.2, -0.15) is 0 Å². The Kier molecular flexibility index (Phi) is 24.1. The molecule has 1 unspecified atom stereocenters. The SMILES string of the molecule is CC[C@@H]1OC(=O)C[C@H](O)[C@@H](C)[C@H](O[C@@H]2O[C@@H](C)[C@H](O[C@@H]3C[C@](C)(O)[C@H](OC(C)=O)[C@@H](C)O3)[C@@H](N(C)C)[C@@H]2O)[C@H](CC=O)C[C@H](C)C(=O)/C=C/C(C)=C\C1CO[C@H]1O[C@@H](C)[C@H](OC(=O)CC(C)C)[C@H](OC)[C@@H]1OC. The fourth-order valence-electron chi connectivity index (χ4n) is 10.6. The first-order valence-corrected chi connectivity index (χ1v) is 25.9.